The van der Waals surface area contributed by atoms with Gasteiger partial charge in [-0.1, -0.05) is 30.3 Å². The van der Waals surface area contributed by atoms with Gasteiger partial charge in [0.15, 0.2) is 0 Å². The molecule has 1 aromatic rings. The summed E-state index contributed by atoms with van der Waals surface area (Å²) in [6, 6.07) is 8.60. The van der Waals surface area contributed by atoms with Crippen LogP contribution in [0.15, 0.2) is 30.3 Å². The van der Waals surface area contributed by atoms with Crippen LogP contribution in [0.1, 0.15) is 31.4 Å². The van der Waals surface area contributed by atoms with Crippen LogP contribution in [-0.4, -0.2) is 41.3 Å². The molecule has 2 rings (SSSR count). The average Bonchev–Trinajstić information content (AvgIpc) is 2.49. The predicted octanol–water partition coefficient (Wildman–Crippen LogP) is 2.22. The van der Waals surface area contributed by atoms with Crippen LogP contribution >= 0.6 is 11.8 Å². The smallest absolute Gasteiger partial charge is 0.248 e. The first-order valence-corrected chi connectivity index (χ1v) is 8.69. The quantitative estimate of drug-likeness (QED) is 0.820. The highest BCUT2D eigenvalue weighted by atomic mass is 32.2. The number of nitrogens with zero attached hydrogens (tertiary/aromatic N) is 1. The number of carbonyl (C=O) groups excluding carboxylic acids is 2. The van der Waals surface area contributed by atoms with Crippen molar-refractivity contribution in [1.82, 2.24) is 10.2 Å². The van der Waals surface area contributed by atoms with E-state index in [0.29, 0.717) is 6.54 Å². The van der Waals surface area contributed by atoms with Crippen LogP contribution in [0.25, 0.3) is 0 Å². The van der Waals surface area contributed by atoms with Crippen molar-refractivity contribution in [1.29, 1.82) is 0 Å². The summed E-state index contributed by atoms with van der Waals surface area (Å²) in [6.45, 7) is 2.38. The molecule has 0 bridgehead atoms. The summed E-state index contributed by atoms with van der Waals surface area (Å²) in [5.41, 5.74) is 0.875. The Morgan fingerprint density at radius 2 is 1.90 bits per heavy atom. The van der Waals surface area contributed by atoms with Gasteiger partial charge in [-0.3, -0.25) is 9.59 Å². The molecule has 114 valence electrons. The third-order valence-electron chi connectivity index (χ3n) is 3.69. The number of thioether (sulfide) groups is 1. The molecule has 1 aromatic carbocycles. The van der Waals surface area contributed by atoms with Gasteiger partial charge in [0.25, 0.3) is 0 Å². The molecule has 1 aliphatic heterocycles. The molecule has 5 heteroatoms. The molecule has 2 unspecified atom stereocenters. The first-order chi connectivity index (χ1) is 10.1. The zero-order valence-electron chi connectivity index (χ0n) is 12.5. The van der Waals surface area contributed by atoms with Crippen molar-refractivity contribution in [3.8, 4) is 0 Å². The molecule has 2 amide bonds. The molecule has 0 saturated carbocycles. The fraction of sp³-hybridized carbons (Fsp3) is 0.500. The third-order valence-corrected chi connectivity index (χ3v) is 4.38. The van der Waals surface area contributed by atoms with Gasteiger partial charge in [0, 0.05) is 6.54 Å². The normalized spacial score (nSPS) is 22.3. The zero-order chi connectivity index (χ0) is 15.2. The van der Waals surface area contributed by atoms with Crippen molar-refractivity contribution < 1.29 is 9.59 Å². The van der Waals surface area contributed by atoms with Crippen LogP contribution in [0.2, 0.25) is 0 Å². The number of piperazine rings is 1. The van der Waals surface area contributed by atoms with Gasteiger partial charge in [-0.05, 0) is 37.3 Å². The number of hydrogen-bond acceptors (Lipinski definition) is 3. The zero-order valence-corrected chi connectivity index (χ0v) is 13.4. The predicted molar refractivity (Wildman–Crippen MR) is 86.1 cm³/mol. The molecule has 0 radical (unpaired) electrons. The van der Waals surface area contributed by atoms with E-state index in [1.807, 2.05) is 30.3 Å². The Morgan fingerprint density at radius 3 is 2.57 bits per heavy atom. The van der Waals surface area contributed by atoms with Crippen LogP contribution in [0.5, 0.6) is 0 Å². The van der Waals surface area contributed by atoms with Crippen molar-refractivity contribution in [3.05, 3.63) is 35.9 Å². The van der Waals surface area contributed by atoms with Gasteiger partial charge >= 0.3 is 0 Å². The number of rotatable bonds is 6. The lowest BCUT2D eigenvalue weighted by atomic mass is 9.99. The Labute approximate surface area is 130 Å². The SMILES string of the molecule is CSCCCCN1C(=O)C(C)NC(=O)C1c1ccccc1. The second-order valence-electron chi connectivity index (χ2n) is 5.28. The van der Waals surface area contributed by atoms with Gasteiger partial charge in [0.2, 0.25) is 11.8 Å². The monoisotopic (exact) mass is 306 g/mol. The van der Waals surface area contributed by atoms with Crippen LogP contribution in [-0.2, 0) is 9.59 Å². The van der Waals surface area contributed by atoms with Gasteiger partial charge < -0.3 is 10.2 Å². The number of unbranched alkanes of at least 4 members (excludes halogenated alkanes) is 1. The van der Waals surface area contributed by atoms with Crippen molar-refractivity contribution >= 4 is 23.6 Å². The Kier molecular flexibility index (Phi) is 5.67. The van der Waals surface area contributed by atoms with E-state index in [-0.39, 0.29) is 11.8 Å². The number of hydrogen-bond donors (Lipinski definition) is 1. The average molecular weight is 306 g/mol. The number of carbonyl (C=O) groups is 2. The topological polar surface area (TPSA) is 49.4 Å². The maximum atomic E-state index is 12.4. The Hall–Kier alpha value is -1.49. The first kappa shape index (κ1) is 15.9. The Morgan fingerprint density at radius 1 is 1.19 bits per heavy atom. The van der Waals surface area contributed by atoms with Gasteiger partial charge in [-0.25, -0.2) is 0 Å². The van der Waals surface area contributed by atoms with E-state index in [1.54, 1.807) is 23.6 Å². The van der Waals surface area contributed by atoms with Crippen molar-refractivity contribution in [3.63, 3.8) is 0 Å². The molecule has 21 heavy (non-hydrogen) atoms. The largest absolute Gasteiger partial charge is 0.342 e. The van der Waals surface area contributed by atoms with Crippen molar-refractivity contribution in [2.24, 2.45) is 0 Å². The Balaban J connectivity index is 2.16. The van der Waals surface area contributed by atoms with Crippen molar-refractivity contribution in [2.75, 3.05) is 18.6 Å². The summed E-state index contributed by atoms with van der Waals surface area (Å²) < 4.78 is 0. The molecule has 0 aromatic heterocycles. The Bertz CT molecular complexity index is 492. The molecule has 1 aliphatic rings. The van der Waals surface area contributed by atoms with Crippen LogP contribution in [0, 0.1) is 0 Å². The van der Waals surface area contributed by atoms with E-state index >= 15 is 0 Å². The van der Waals surface area contributed by atoms with E-state index in [1.165, 1.54) is 0 Å². The highest BCUT2D eigenvalue weighted by molar-refractivity contribution is 7.98. The van der Waals surface area contributed by atoms with Crippen LogP contribution in [0.4, 0.5) is 0 Å². The number of benzene rings is 1. The van der Waals surface area contributed by atoms with Gasteiger partial charge in [-0.2, -0.15) is 11.8 Å². The molecule has 0 spiro atoms. The summed E-state index contributed by atoms with van der Waals surface area (Å²) >= 11 is 1.80. The summed E-state index contributed by atoms with van der Waals surface area (Å²) in [5.74, 6) is 1.01. The van der Waals surface area contributed by atoms with Crippen LogP contribution < -0.4 is 5.32 Å². The lowest BCUT2D eigenvalue weighted by Crippen LogP contribution is -2.58. The standard InChI is InChI=1S/C16H22N2O2S/c1-12-16(20)18(10-6-7-11-21-2)14(15(19)17-12)13-8-4-3-5-9-13/h3-5,8-9,12,14H,6-7,10-11H2,1-2H3,(H,17,19). The highest BCUT2D eigenvalue weighted by Gasteiger charge is 2.38. The maximum absolute atomic E-state index is 12.4. The lowest BCUT2D eigenvalue weighted by molar-refractivity contribution is -0.149. The lowest BCUT2D eigenvalue weighted by Gasteiger charge is -2.38. The fourth-order valence-electron chi connectivity index (χ4n) is 2.61. The van der Waals surface area contributed by atoms with E-state index in [2.05, 4.69) is 11.6 Å². The second-order valence-corrected chi connectivity index (χ2v) is 6.26. The molecule has 1 N–H and O–H groups in total. The number of nitrogens with one attached hydrogen (secondary N) is 1. The summed E-state index contributed by atoms with van der Waals surface area (Å²) in [7, 11) is 0. The minimum absolute atomic E-state index is 0.00704. The van der Waals surface area contributed by atoms with E-state index in [9.17, 15) is 9.59 Å². The van der Waals surface area contributed by atoms with E-state index in [4.69, 9.17) is 0 Å². The summed E-state index contributed by atoms with van der Waals surface area (Å²) in [4.78, 5) is 26.5. The molecule has 1 heterocycles. The fourth-order valence-corrected chi connectivity index (χ4v) is 3.10. The molecule has 1 saturated heterocycles. The van der Waals surface area contributed by atoms with Gasteiger partial charge in [-0.15, -0.1) is 0 Å². The molecular weight excluding hydrogens is 284 g/mol. The molecule has 4 nitrogen and oxygen atoms in total. The van der Waals surface area contributed by atoms with E-state index in [0.717, 1.165) is 24.2 Å². The number of amides is 2. The molecule has 2 atom stereocenters. The third kappa shape index (κ3) is 3.79. The highest BCUT2D eigenvalue weighted by Crippen LogP contribution is 2.25. The van der Waals surface area contributed by atoms with E-state index < -0.39 is 12.1 Å². The summed E-state index contributed by atoms with van der Waals surface area (Å²) in [5, 5.41) is 2.77. The van der Waals surface area contributed by atoms with Crippen LogP contribution in [0.3, 0.4) is 0 Å². The van der Waals surface area contributed by atoms with Gasteiger partial charge in [0.05, 0.1) is 0 Å². The molecule has 0 aliphatic carbocycles. The van der Waals surface area contributed by atoms with Gasteiger partial charge in [0.1, 0.15) is 12.1 Å². The maximum Gasteiger partial charge on any atom is 0.248 e. The molecular formula is C16H22N2O2S. The molecule has 1 fully saturated rings. The minimum atomic E-state index is -0.496. The van der Waals surface area contributed by atoms with Crippen molar-refractivity contribution in [2.45, 2.75) is 31.8 Å². The second kappa shape index (κ2) is 7.50. The first-order valence-electron chi connectivity index (χ1n) is 7.30. The minimum Gasteiger partial charge on any atom is -0.342 e. The summed E-state index contributed by atoms with van der Waals surface area (Å²) in [6.07, 6.45) is 4.06.